The molecule has 1 aromatic carbocycles. The first kappa shape index (κ1) is 13.4. The number of anilines is 1. The van der Waals surface area contributed by atoms with Gasteiger partial charge in [0.05, 0.1) is 5.56 Å². The van der Waals surface area contributed by atoms with E-state index in [9.17, 15) is 4.79 Å². The van der Waals surface area contributed by atoms with Gasteiger partial charge in [0, 0.05) is 35.4 Å². The molecule has 19 heavy (non-hydrogen) atoms. The number of aromatic nitrogens is 1. The number of nitrogens with one attached hydrogen (secondary N) is 2. The highest BCUT2D eigenvalue weighted by Gasteiger charge is 2.13. The molecule has 1 atom stereocenters. The Kier molecular flexibility index (Phi) is 3.76. The van der Waals surface area contributed by atoms with Gasteiger partial charge >= 0.3 is 0 Å². The third-order valence-corrected chi connectivity index (χ3v) is 3.39. The number of benzene rings is 1. The molecule has 1 aromatic heterocycles. The van der Waals surface area contributed by atoms with Crippen LogP contribution in [0.3, 0.4) is 0 Å². The fourth-order valence-electron chi connectivity index (χ4n) is 1.85. The summed E-state index contributed by atoms with van der Waals surface area (Å²) in [6.07, 6.45) is 1.72. The summed E-state index contributed by atoms with van der Waals surface area (Å²) < 4.78 is 0. The van der Waals surface area contributed by atoms with Gasteiger partial charge in [-0.25, -0.2) is 0 Å². The third kappa shape index (κ3) is 2.88. The highest BCUT2D eigenvalue weighted by Crippen LogP contribution is 2.20. The summed E-state index contributed by atoms with van der Waals surface area (Å²) in [4.78, 5) is 17.3. The number of H-pyrrole nitrogens is 1. The average molecular weight is 260 g/mol. The number of carbonyl (C=O) groups is 1. The molecule has 0 spiro atoms. The van der Waals surface area contributed by atoms with Crippen LogP contribution in [-0.4, -0.2) is 42.5 Å². The van der Waals surface area contributed by atoms with Crippen LogP contribution in [0, 0.1) is 0 Å². The molecule has 1 heterocycles. The lowest BCUT2D eigenvalue weighted by molar-refractivity contribution is 0.0945. The molecular formula is C14H20N4O. The molecule has 4 N–H and O–H groups in total. The molecule has 0 fully saturated rings. The van der Waals surface area contributed by atoms with E-state index in [1.54, 1.807) is 12.3 Å². The summed E-state index contributed by atoms with van der Waals surface area (Å²) in [5.41, 5.74) is 7.93. The normalized spacial score (nSPS) is 12.8. The molecule has 0 aliphatic carbocycles. The van der Waals surface area contributed by atoms with Crippen LogP contribution in [0.15, 0.2) is 24.4 Å². The van der Waals surface area contributed by atoms with Crippen molar-refractivity contribution in [3.8, 4) is 0 Å². The van der Waals surface area contributed by atoms with Crippen molar-refractivity contribution in [2.75, 3.05) is 26.4 Å². The van der Waals surface area contributed by atoms with Gasteiger partial charge in [-0.2, -0.15) is 0 Å². The summed E-state index contributed by atoms with van der Waals surface area (Å²) in [7, 11) is 3.98. The molecule has 5 heteroatoms. The van der Waals surface area contributed by atoms with Gasteiger partial charge in [0.25, 0.3) is 5.91 Å². The minimum absolute atomic E-state index is 0.0651. The summed E-state index contributed by atoms with van der Waals surface area (Å²) in [6, 6.07) is 5.79. The van der Waals surface area contributed by atoms with Crippen molar-refractivity contribution < 1.29 is 4.79 Å². The summed E-state index contributed by atoms with van der Waals surface area (Å²) in [5.74, 6) is -0.0651. The number of likely N-dealkylation sites (N-methyl/N-ethyl adjacent to an activating group) is 1. The molecule has 0 saturated carbocycles. The number of nitrogen functional groups attached to an aromatic ring is 1. The second-order valence-corrected chi connectivity index (χ2v) is 5.03. The number of amides is 1. The maximum absolute atomic E-state index is 12.2. The number of fused-ring (bicyclic) bond motifs is 1. The number of carbonyl (C=O) groups excluding carboxylic acids is 1. The van der Waals surface area contributed by atoms with Gasteiger partial charge in [-0.3, -0.25) is 4.79 Å². The van der Waals surface area contributed by atoms with Crippen LogP contribution in [0.4, 0.5) is 5.69 Å². The quantitative estimate of drug-likeness (QED) is 0.728. The second kappa shape index (κ2) is 5.32. The van der Waals surface area contributed by atoms with Gasteiger partial charge in [-0.1, -0.05) is 0 Å². The van der Waals surface area contributed by atoms with E-state index < -0.39 is 0 Å². The molecule has 0 saturated heterocycles. The maximum Gasteiger partial charge on any atom is 0.253 e. The Labute approximate surface area is 112 Å². The average Bonchev–Trinajstić information content (AvgIpc) is 2.78. The fraction of sp³-hybridized carbons (Fsp3) is 0.357. The van der Waals surface area contributed by atoms with Gasteiger partial charge in [0.1, 0.15) is 0 Å². The summed E-state index contributed by atoms with van der Waals surface area (Å²) in [6.45, 7) is 2.68. The van der Waals surface area contributed by atoms with Crippen LogP contribution in [0.25, 0.3) is 10.9 Å². The molecule has 102 valence electrons. The fourth-order valence-corrected chi connectivity index (χ4v) is 1.85. The van der Waals surface area contributed by atoms with E-state index in [2.05, 4.69) is 22.1 Å². The van der Waals surface area contributed by atoms with Crippen LogP contribution in [0.1, 0.15) is 17.3 Å². The molecular weight excluding hydrogens is 240 g/mol. The molecule has 2 aromatic rings. The van der Waals surface area contributed by atoms with E-state index in [1.807, 2.05) is 26.2 Å². The minimum atomic E-state index is -0.0651. The van der Waals surface area contributed by atoms with E-state index >= 15 is 0 Å². The summed E-state index contributed by atoms with van der Waals surface area (Å²) >= 11 is 0. The lowest BCUT2D eigenvalue weighted by Crippen LogP contribution is -2.38. The van der Waals surface area contributed by atoms with Crippen LogP contribution < -0.4 is 11.1 Å². The van der Waals surface area contributed by atoms with Crippen molar-refractivity contribution in [2.24, 2.45) is 0 Å². The molecule has 0 radical (unpaired) electrons. The number of hydrogen-bond acceptors (Lipinski definition) is 3. The predicted molar refractivity (Wildman–Crippen MR) is 78.2 cm³/mol. The van der Waals surface area contributed by atoms with Crippen molar-refractivity contribution in [1.82, 2.24) is 15.2 Å². The Morgan fingerprint density at radius 2 is 2.21 bits per heavy atom. The number of nitrogens with two attached hydrogens (primary N) is 1. The third-order valence-electron chi connectivity index (χ3n) is 3.39. The van der Waals surface area contributed by atoms with Crippen molar-refractivity contribution in [2.45, 2.75) is 13.0 Å². The zero-order valence-corrected chi connectivity index (χ0v) is 11.5. The zero-order valence-electron chi connectivity index (χ0n) is 11.5. The van der Waals surface area contributed by atoms with Crippen molar-refractivity contribution in [1.29, 1.82) is 0 Å². The molecule has 5 nitrogen and oxygen atoms in total. The monoisotopic (exact) mass is 260 g/mol. The van der Waals surface area contributed by atoms with Crippen LogP contribution >= 0.6 is 0 Å². The number of rotatable bonds is 4. The van der Waals surface area contributed by atoms with Crippen molar-refractivity contribution in [3.05, 3.63) is 30.0 Å². The van der Waals surface area contributed by atoms with Gasteiger partial charge in [0.15, 0.2) is 0 Å². The summed E-state index contributed by atoms with van der Waals surface area (Å²) in [5, 5.41) is 3.83. The van der Waals surface area contributed by atoms with Gasteiger partial charge in [-0.15, -0.1) is 0 Å². The topological polar surface area (TPSA) is 74.1 Å². The van der Waals surface area contributed by atoms with Crippen LogP contribution in [-0.2, 0) is 0 Å². The molecule has 1 amide bonds. The van der Waals surface area contributed by atoms with Crippen LogP contribution in [0.2, 0.25) is 0 Å². The number of nitrogens with zero attached hydrogens (tertiary/aromatic N) is 1. The first-order valence-electron chi connectivity index (χ1n) is 6.30. The highest BCUT2D eigenvalue weighted by atomic mass is 16.1. The SMILES string of the molecule is CC(CNC(=O)c1c[nH]c2cc(N)ccc12)N(C)C. The van der Waals surface area contributed by atoms with Gasteiger partial charge < -0.3 is 20.9 Å². The maximum atomic E-state index is 12.2. The molecule has 1 unspecified atom stereocenters. The zero-order chi connectivity index (χ0) is 14.0. The second-order valence-electron chi connectivity index (χ2n) is 5.03. The molecule has 0 bridgehead atoms. The van der Waals surface area contributed by atoms with E-state index in [1.165, 1.54) is 0 Å². The van der Waals surface area contributed by atoms with E-state index in [-0.39, 0.29) is 5.91 Å². The largest absolute Gasteiger partial charge is 0.399 e. The lowest BCUT2D eigenvalue weighted by atomic mass is 10.1. The van der Waals surface area contributed by atoms with Crippen molar-refractivity contribution in [3.63, 3.8) is 0 Å². The standard InChI is InChI=1S/C14H20N4O/c1-9(18(2)3)7-17-14(19)12-8-16-13-6-10(15)4-5-11(12)13/h4-6,8-9,16H,7,15H2,1-3H3,(H,17,19). The van der Waals surface area contributed by atoms with Crippen molar-refractivity contribution >= 4 is 22.5 Å². The lowest BCUT2D eigenvalue weighted by Gasteiger charge is -2.19. The Balaban J connectivity index is 2.14. The number of aromatic amines is 1. The van der Waals surface area contributed by atoms with Gasteiger partial charge in [-0.05, 0) is 39.2 Å². The van der Waals surface area contributed by atoms with E-state index in [0.717, 1.165) is 10.9 Å². The molecule has 0 aliphatic heterocycles. The Morgan fingerprint density at radius 1 is 1.47 bits per heavy atom. The van der Waals surface area contributed by atoms with E-state index in [0.29, 0.717) is 23.8 Å². The highest BCUT2D eigenvalue weighted by molar-refractivity contribution is 6.07. The van der Waals surface area contributed by atoms with Crippen LogP contribution in [0.5, 0.6) is 0 Å². The predicted octanol–water partition coefficient (Wildman–Crippen LogP) is 1.43. The Bertz CT molecular complexity index is 588. The first-order chi connectivity index (χ1) is 8.99. The van der Waals surface area contributed by atoms with Gasteiger partial charge in [0.2, 0.25) is 0 Å². The number of hydrogen-bond donors (Lipinski definition) is 3. The smallest absolute Gasteiger partial charge is 0.253 e. The molecule has 0 aliphatic rings. The first-order valence-corrected chi connectivity index (χ1v) is 6.30. The van der Waals surface area contributed by atoms with E-state index in [4.69, 9.17) is 5.73 Å². The Morgan fingerprint density at radius 3 is 2.89 bits per heavy atom. The minimum Gasteiger partial charge on any atom is -0.399 e. The Hall–Kier alpha value is -2.01. The molecule has 2 rings (SSSR count).